The van der Waals surface area contributed by atoms with Crippen molar-refractivity contribution in [2.75, 3.05) is 19.0 Å². The van der Waals surface area contributed by atoms with Crippen molar-refractivity contribution >= 4 is 52.3 Å². The van der Waals surface area contributed by atoms with E-state index in [1.165, 1.54) is 0 Å². The number of carbonyl (C=O) groups excluding carboxylic acids is 1. The number of aromatic nitrogens is 2. The van der Waals surface area contributed by atoms with E-state index >= 15 is 0 Å². The lowest BCUT2D eigenvalue weighted by Gasteiger charge is -2.35. The van der Waals surface area contributed by atoms with Gasteiger partial charge in [-0.15, -0.1) is 12.4 Å². The first kappa shape index (κ1) is 24.1. The molecule has 2 aromatic heterocycles. The summed E-state index contributed by atoms with van der Waals surface area (Å²) in [5.74, 6) is 0.600. The topological polar surface area (TPSA) is 67.4 Å². The van der Waals surface area contributed by atoms with Gasteiger partial charge >= 0.3 is 0 Å². The van der Waals surface area contributed by atoms with Crippen LogP contribution in [0.5, 0.6) is 5.75 Å². The fourth-order valence-corrected chi connectivity index (χ4v) is 4.46. The summed E-state index contributed by atoms with van der Waals surface area (Å²) < 4.78 is 5.26. The molecule has 1 fully saturated rings. The van der Waals surface area contributed by atoms with Crippen LogP contribution in [-0.4, -0.2) is 40.5 Å². The van der Waals surface area contributed by atoms with E-state index in [1.54, 1.807) is 25.4 Å². The van der Waals surface area contributed by atoms with Crippen LogP contribution in [0.25, 0.3) is 11.0 Å². The number of anilines is 2. The molecule has 1 amide bonds. The van der Waals surface area contributed by atoms with Gasteiger partial charge in [0, 0.05) is 35.6 Å². The standard InChI is InChI=1S/C24H27ClN4O2.ClH/c1-4-17-7-5-6-12-29(17)24(30)19-14-26-23-18(10-8-15(2)27-23)22(19)28-16-9-11-21(31-3)20(25)13-16;/h8-11,13-14,17H,4-7,12H2,1-3H3,(H,26,27,28);1H. The number of aryl methyl sites for hydroxylation is 1. The molecular weight excluding hydrogens is 447 g/mol. The van der Waals surface area contributed by atoms with Crippen molar-refractivity contribution in [3.63, 3.8) is 0 Å². The number of fused-ring (bicyclic) bond motifs is 1. The minimum absolute atomic E-state index is 0. The van der Waals surface area contributed by atoms with Gasteiger partial charge in [-0.3, -0.25) is 4.79 Å². The van der Waals surface area contributed by atoms with Crippen LogP contribution in [0, 0.1) is 6.92 Å². The number of carbonyl (C=O) groups is 1. The van der Waals surface area contributed by atoms with Crippen molar-refractivity contribution in [2.45, 2.75) is 45.6 Å². The Hall–Kier alpha value is -2.57. The molecule has 32 heavy (non-hydrogen) atoms. The minimum atomic E-state index is 0. The summed E-state index contributed by atoms with van der Waals surface area (Å²) in [6.07, 6.45) is 5.83. The lowest BCUT2D eigenvalue weighted by atomic mass is 9.98. The largest absolute Gasteiger partial charge is 0.495 e. The van der Waals surface area contributed by atoms with Crippen LogP contribution in [0.1, 0.15) is 48.7 Å². The van der Waals surface area contributed by atoms with Gasteiger partial charge in [0.1, 0.15) is 5.75 Å². The molecule has 1 aliphatic heterocycles. The maximum absolute atomic E-state index is 13.6. The van der Waals surface area contributed by atoms with Crippen LogP contribution < -0.4 is 10.1 Å². The predicted octanol–water partition coefficient (Wildman–Crippen LogP) is 6.17. The van der Waals surface area contributed by atoms with E-state index in [1.807, 2.05) is 30.0 Å². The Morgan fingerprint density at radius 3 is 2.81 bits per heavy atom. The quantitative estimate of drug-likeness (QED) is 0.478. The smallest absolute Gasteiger partial charge is 0.257 e. The third kappa shape index (κ3) is 4.76. The molecule has 1 unspecified atom stereocenters. The van der Waals surface area contributed by atoms with Crippen molar-refractivity contribution in [1.82, 2.24) is 14.9 Å². The van der Waals surface area contributed by atoms with Gasteiger partial charge in [0.2, 0.25) is 0 Å². The lowest BCUT2D eigenvalue weighted by Crippen LogP contribution is -2.43. The third-order valence-corrected chi connectivity index (χ3v) is 6.18. The minimum Gasteiger partial charge on any atom is -0.495 e. The molecule has 0 spiro atoms. The van der Waals surface area contributed by atoms with Crippen LogP contribution in [-0.2, 0) is 0 Å². The van der Waals surface area contributed by atoms with E-state index in [0.29, 0.717) is 27.7 Å². The zero-order valence-corrected chi connectivity index (χ0v) is 20.1. The molecule has 8 heteroatoms. The number of methoxy groups -OCH3 is 1. The van der Waals surface area contributed by atoms with E-state index in [0.717, 1.165) is 49.0 Å². The Balaban J connectivity index is 0.00000289. The monoisotopic (exact) mass is 474 g/mol. The average Bonchev–Trinajstić information content (AvgIpc) is 2.78. The summed E-state index contributed by atoms with van der Waals surface area (Å²) in [6.45, 7) is 4.84. The highest BCUT2D eigenvalue weighted by molar-refractivity contribution is 6.32. The number of benzene rings is 1. The van der Waals surface area contributed by atoms with Crippen molar-refractivity contribution in [1.29, 1.82) is 0 Å². The fourth-order valence-electron chi connectivity index (χ4n) is 4.20. The summed E-state index contributed by atoms with van der Waals surface area (Å²) in [5.41, 5.74) is 3.48. The highest BCUT2D eigenvalue weighted by Gasteiger charge is 2.29. The second kappa shape index (κ2) is 10.4. The highest BCUT2D eigenvalue weighted by atomic mass is 35.5. The normalized spacial score (nSPS) is 15.9. The van der Waals surface area contributed by atoms with Gasteiger partial charge in [0.25, 0.3) is 5.91 Å². The maximum Gasteiger partial charge on any atom is 0.257 e. The summed E-state index contributed by atoms with van der Waals surface area (Å²) in [4.78, 5) is 24.7. The Morgan fingerprint density at radius 2 is 2.09 bits per heavy atom. The number of halogens is 2. The van der Waals surface area contributed by atoms with E-state index in [9.17, 15) is 4.79 Å². The summed E-state index contributed by atoms with van der Waals surface area (Å²) in [7, 11) is 1.58. The number of pyridine rings is 2. The Kier molecular flexibility index (Phi) is 7.80. The number of likely N-dealkylation sites (tertiary alicyclic amines) is 1. The number of hydrogen-bond donors (Lipinski definition) is 1. The second-order valence-corrected chi connectivity index (χ2v) is 8.31. The first-order chi connectivity index (χ1) is 15.0. The van der Waals surface area contributed by atoms with E-state index < -0.39 is 0 Å². The Labute approximate surface area is 199 Å². The lowest BCUT2D eigenvalue weighted by molar-refractivity contribution is 0.0609. The van der Waals surface area contributed by atoms with Crippen LogP contribution in [0.3, 0.4) is 0 Å². The molecule has 4 rings (SSSR count). The molecule has 1 aromatic carbocycles. The summed E-state index contributed by atoms with van der Waals surface area (Å²) in [6, 6.07) is 9.62. The van der Waals surface area contributed by atoms with Gasteiger partial charge in [-0.2, -0.15) is 0 Å². The molecule has 1 aliphatic rings. The molecule has 0 aliphatic carbocycles. The van der Waals surface area contributed by atoms with Crippen molar-refractivity contribution in [2.24, 2.45) is 0 Å². The summed E-state index contributed by atoms with van der Waals surface area (Å²) in [5, 5.41) is 4.71. The van der Waals surface area contributed by atoms with Crippen LogP contribution in [0.15, 0.2) is 36.5 Å². The molecule has 1 atom stereocenters. The zero-order valence-electron chi connectivity index (χ0n) is 18.5. The predicted molar refractivity (Wildman–Crippen MR) is 132 cm³/mol. The molecule has 0 radical (unpaired) electrons. The van der Waals surface area contributed by atoms with E-state index in [4.69, 9.17) is 16.3 Å². The van der Waals surface area contributed by atoms with Gasteiger partial charge in [-0.1, -0.05) is 18.5 Å². The van der Waals surface area contributed by atoms with Crippen molar-refractivity contribution in [3.05, 3.63) is 52.8 Å². The van der Waals surface area contributed by atoms with Gasteiger partial charge in [-0.05, 0) is 62.9 Å². The first-order valence-corrected chi connectivity index (χ1v) is 11.1. The molecule has 170 valence electrons. The number of ether oxygens (including phenoxy) is 1. The van der Waals surface area contributed by atoms with Gasteiger partial charge < -0.3 is 15.0 Å². The number of amides is 1. The van der Waals surface area contributed by atoms with E-state index in [2.05, 4.69) is 22.2 Å². The Morgan fingerprint density at radius 1 is 1.28 bits per heavy atom. The van der Waals surface area contributed by atoms with Crippen LogP contribution >= 0.6 is 24.0 Å². The third-order valence-electron chi connectivity index (χ3n) is 5.88. The first-order valence-electron chi connectivity index (χ1n) is 10.7. The van der Waals surface area contributed by atoms with Crippen LogP contribution in [0.2, 0.25) is 5.02 Å². The Bertz CT molecular complexity index is 1120. The molecule has 1 saturated heterocycles. The van der Waals surface area contributed by atoms with Crippen molar-refractivity contribution in [3.8, 4) is 5.75 Å². The molecule has 0 bridgehead atoms. The molecule has 0 saturated carbocycles. The SMILES string of the molecule is CCC1CCCCN1C(=O)c1cnc2nc(C)ccc2c1Nc1ccc(OC)c(Cl)c1.Cl. The number of hydrogen-bond acceptors (Lipinski definition) is 5. The number of nitrogens with zero attached hydrogens (tertiary/aromatic N) is 3. The molecule has 1 N–H and O–H groups in total. The molecular formula is C24H28Cl2N4O2. The number of piperidine rings is 1. The van der Waals surface area contributed by atoms with E-state index in [-0.39, 0.29) is 24.4 Å². The fraction of sp³-hybridized carbons (Fsp3) is 0.375. The zero-order chi connectivity index (χ0) is 22.0. The summed E-state index contributed by atoms with van der Waals surface area (Å²) >= 11 is 6.33. The molecule has 3 aromatic rings. The van der Waals surface area contributed by atoms with Gasteiger partial charge in [0.05, 0.1) is 23.4 Å². The molecule has 6 nitrogen and oxygen atoms in total. The van der Waals surface area contributed by atoms with Crippen molar-refractivity contribution < 1.29 is 9.53 Å². The average molecular weight is 475 g/mol. The molecule has 3 heterocycles. The van der Waals surface area contributed by atoms with Gasteiger partial charge in [-0.25, -0.2) is 9.97 Å². The number of nitrogens with one attached hydrogen (secondary N) is 1. The highest BCUT2D eigenvalue weighted by Crippen LogP contribution is 2.34. The van der Waals surface area contributed by atoms with Crippen LogP contribution in [0.4, 0.5) is 11.4 Å². The van der Waals surface area contributed by atoms with Gasteiger partial charge in [0.15, 0.2) is 5.65 Å². The maximum atomic E-state index is 13.6. The second-order valence-electron chi connectivity index (χ2n) is 7.90. The number of rotatable bonds is 5.